The van der Waals surface area contributed by atoms with Crippen molar-refractivity contribution < 1.29 is 13.2 Å². The fraction of sp³-hybridized carbons (Fsp3) is 0.381. The van der Waals surface area contributed by atoms with Gasteiger partial charge in [-0.25, -0.2) is 18.4 Å². The first kappa shape index (κ1) is 21.4. The second-order valence-corrected chi connectivity index (χ2v) is 11.4. The van der Waals surface area contributed by atoms with E-state index in [0.29, 0.717) is 18.7 Å². The van der Waals surface area contributed by atoms with Crippen molar-refractivity contribution >= 4 is 49.1 Å². The highest BCUT2D eigenvalue weighted by Crippen LogP contribution is 2.34. The highest BCUT2D eigenvalue weighted by Gasteiger charge is 2.26. The molecule has 0 N–H and O–H groups in total. The number of rotatable bonds is 6. The molecule has 0 amide bonds. The number of sulfonamides is 1. The molecule has 1 fully saturated rings. The molecule has 158 valence electrons. The number of carbonyl (C=O) groups is 1. The Balaban J connectivity index is 1.47. The van der Waals surface area contributed by atoms with Crippen LogP contribution in [0.4, 0.5) is 0 Å². The summed E-state index contributed by atoms with van der Waals surface area (Å²) in [6.07, 6.45) is 4.39. The number of ketones is 1. The van der Waals surface area contributed by atoms with Crippen LogP contribution in [-0.4, -0.2) is 47.3 Å². The van der Waals surface area contributed by atoms with Crippen LogP contribution in [0, 0.1) is 13.8 Å². The van der Waals surface area contributed by atoms with Gasteiger partial charge < -0.3 is 0 Å². The molecule has 3 heterocycles. The maximum atomic E-state index is 12.8. The van der Waals surface area contributed by atoms with Gasteiger partial charge in [-0.3, -0.25) is 4.79 Å². The zero-order valence-electron chi connectivity index (χ0n) is 16.9. The van der Waals surface area contributed by atoms with Gasteiger partial charge in [0.15, 0.2) is 5.78 Å². The number of hydrogen-bond donors (Lipinski definition) is 0. The number of Topliss-reactive ketones (excluding diaryl/α,β-unsaturated/α-hetero) is 1. The van der Waals surface area contributed by atoms with Gasteiger partial charge in [0, 0.05) is 28.9 Å². The molecule has 1 aliphatic rings. The third kappa shape index (κ3) is 4.16. The minimum atomic E-state index is -3.49. The molecule has 0 saturated carbocycles. The predicted octanol–water partition coefficient (Wildman–Crippen LogP) is 4.46. The molecule has 9 heteroatoms. The summed E-state index contributed by atoms with van der Waals surface area (Å²) in [6.45, 7) is 5.23. The summed E-state index contributed by atoms with van der Waals surface area (Å²) < 4.78 is 27.1. The molecule has 0 unspecified atom stereocenters. The number of thioether (sulfide) groups is 1. The third-order valence-corrected chi connectivity index (χ3v) is 9.42. The van der Waals surface area contributed by atoms with E-state index in [1.165, 1.54) is 39.4 Å². The van der Waals surface area contributed by atoms with Crippen molar-refractivity contribution in [2.45, 2.75) is 43.0 Å². The number of carbonyl (C=O) groups excluding carboxylic acids is 1. The van der Waals surface area contributed by atoms with Crippen LogP contribution in [0.3, 0.4) is 0 Å². The number of thiophene rings is 1. The van der Waals surface area contributed by atoms with Gasteiger partial charge in [-0.1, -0.05) is 30.3 Å². The number of piperidine rings is 1. The first-order chi connectivity index (χ1) is 14.4. The van der Waals surface area contributed by atoms with Crippen molar-refractivity contribution in [3.8, 4) is 0 Å². The number of fused-ring (bicyclic) bond motifs is 1. The van der Waals surface area contributed by atoms with Crippen molar-refractivity contribution in [1.82, 2.24) is 14.3 Å². The fourth-order valence-electron chi connectivity index (χ4n) is 3.54. The maximum Gasteiger partial charge on any atom is 0.243 e. The standard InChI is InChI=1S/C21H23N3O3S3/c1-14-15(2)29-21-19(14)20(22-13-23-21)28-12-18(25)16-6-8-17(9-7-16)30(26,27)24-10-4-3-5-11-24/h6-9,13H,3-5,10-12H2,1-2H3. The number of aryl methyl sites for hydroxylation is 2. The van der Waals surface area contributed by atoms with E-state index in [1.807, 2.05) is 6.92 Å². The summed E-state index contributed by atoms with van der Waals surface area (Å²) in [6, 6.07) is 6.29. The van der Waals surface area contributed by atoms with Crippen molar-refractivity contribution in [2.75, 3.05) is 18.8 Å². The fourth-order valence-corrected chi connectivity index (χ4v) is 7.07. The van der Waals surface area contributed by atoms with E-state index >= 15 is 0 Å². The van der Waals surface area contributed by atoms with Crippen LogP contribution >= 0.6 is 23.1 Å². The van der Waals surface area contributed by atoms with E-state index < -0.39 is 10.0 Å². The molecule has 6 nitrogen and oxygen atoms in total. The Bertz CT molecular complexity index is 1180. The van der Waals surface area contributed by atoms with Gasteiger partial charge in [0.1, 0.15) is 16.2 Å². The highest BCUT2D eigenvalue weighted by molar-refractivity contribution is 8.00. The molecule has 0 spiro atoms. The molecule has 1 saturated heterocycles. The maximum absolute atomic E-state index is 12.8. The van der Waals surface area contributed by atoms with E-state index in [2.05, 4.69) is 16.9 Å². The van der Waals surface area contributed by atoms with E-state index in [0.717, 1.165) is 40.1 Å². The molecule has 1 aliphatic heterocycles. The Hall–Kier alpha value is -1.81. The summed E-state index contributed by atoms with van der Waals surface area (Å²) >= 11 is 3.02. The van der Waals surface area contributed by atoms with E-state index in [-0.39, 0.29) is 16.4 Å². The van der Waals surface area contributed by atoms with Crippen LogP contribution in [0.25, 0.3) is 10.2 Å². The molecular formula is C21H23N3O3S3. The molecule has 0 atom stereocenters. The topological polar surface area (TPSA) is 80.2 Å². The second kappa shape index (κ2) is 8.74. The Morgan fingerprint density at radius 3 is 2.50 bits per heavy atom. The molecule has 0 radical (unpaired) electrons. The first-order valence-electron chi connectivity index (χ1n) is 9.85. The van der Waals surface area contributed by atoms with Gasteiger partial charge in [0.05, 0.1) is 10.6 Å². The van der Waals surface area contributed by atoms with Crippen LogP contribution in [0.1, 0.15) is 40.1 Å². The minimum absolute atomic E-state index is 0.0571. The lowest BCUT2D eigenvalue weighted by atomic mass is 10.1. The molecular weight excluding hydrogens is 438 g/mol. The molecule has 0 aliphatic carbocycles. The Morgan fingerprint density at radius 1 is 1.10 bits per heavy atom. The monoisotopic (exact) mass is 461 g/mol. The molecule has 0 bridgehead atoms. The van der Waals surface area contributed by atoms with Crippen molar-refractivity contribution in [3.05, 3.63) is 46.6 Å². The van der Waals surface area contributed by atoms with E-state index in [4.69, 9.17) is 0 Å². The normalized spacial score (nSPS) is 15.5. The van der Waals surface area contributed by atoms with Gasteiger partial charge in [0.25, 0.3) is 0 Å². The van der Waals surface area contributed by atoms with E-state index in [9.17, 15) is 13.2 Å². The number of aromatic nitrogens is 2. The molecule has 30 heavy (non-hydrogen) atoms. The largest absolute Gasteiger partial charge is 0.293 e. The van der Waals surface area contributed by atoms with Gasteiger partial charge in [0.2, 0.25) is 10.0 Å². The minimum Gasteiger partial charge on any atom is -0.293 e. The molecule has 2 aromatic heterocycles. The lowest BCUT2D eigenvalue weighted by molar-refractivity contribution is 0.102. The third-order valence-electron chi connectivity index (χ3n) is 5.40. The Labute approximate surface area is 184 Å². The van der Waals surface area contributed by atoms with Gasteiger partial charge in [-0.2, -0.15) is 4.31 Å². The van der Waals surface area contributed by atoms with Crippen LogP contribution in [0.15, 0.2) is 40.5 Å². The Morgan fingerprint density at radius 2 is 1.80 bits per heavy atom. The van der Waals surface area contributed by atoms with Crippen LogP contribution in [0.5, 0.6) is 0 Å². The van der Waals surface area contributed by atoms with Crippen molar-refractivity contribution in [1.29, 1.82) is 0 Å². The van der Waals surface area contributed by atoms with Crippen LogP contribution in [0.2, 0.25) is 0 Å². The van der Waals surface area contributed by atoms with Crippen LogP contribution < -0.4 is 0 Å². The summed E-state index contributed by atoms with van der Waals surface area (Å²) in [4.78, 5) is 23.8. The van der Waals surface area contributed by atoms with Gasteiger partial charge in [-0.05, 0) is 44.4 Å². The summed E-state index contributed by atoms with van der Waals surface area (Å²) in [5.74, 6) is 0.178. The summed E-state index contributed by atoms with van der Waals surface area (Å²) in [5.41, 5.74) is 1.65. The first-order valence-corrected chi connectivity index (χ1v) is 13.1. The highest BCUT2D eigenvalue weighted by atomic mass is 32.2. The van der Waals surface area contributed by atoms with E-state index in [1.54, 1.807) is 23.5 Å². The number of nitrogens with zero attached hydrogens (tertiary/aromatic N) is 3. The molecule has 3 aromatic rings. The van der Waals surface area contributed by atoms with Gasteiger partial charge in [-0.15, -0.1) is 11.3 Å². The predicted molar refractivity (Wildman–Crippen MR) is 121 cm³/mol. The lowest BCUT2D eigenvalue weighted by Gasteiger charge is -2.25. The smallest absolute Gasteiger partial charge is 0.243 e. The lowest BCUT2D eigenvalue weighted by Crippen LogP contribution is -2.35. The summed E-state index contributed by atoms with van der Waals surface area (Å²) in [7, 11) is -3.49. The second-order valence-electron chi connectivity index (χ2n) is 7.34. The SMILES string of the molecule is Cc1sc2ncnc(SCC(=O)c3ccc(S(=O)(=O)N4CCCCC4)cc3)c2c1C. The quantitative estimate of drug-likeness (QED) is 0.306. The molecule has 1 aromatic carbocycles. The zero-order chi connectivity index (χ0) is 21.3. The average molecular weight is 462 g/mol. The van der Waals surface area contributed by atoms with Crippen LogP contribution in [-0.2, 0) is 10.0 Å². The number of hydrogen-bond acceptors (Lipinski definition) is 7. The van der Waals surface area contributed by atoms with Crippen molar-refractivity contribution in [3.63, 3.8) is 0 Å². The van der Waals surface area contributed by atoms with Crippen molar-refractivity contribution in [2.24, 2.45) is 0 Å². The zero-order valence-corrected chi connectivity index (χ0v) is 19.4. The number of benzene rings is 1. The summed E-state index contributed by atoms with van der Waals surface area (Å²) in [5, 5.41) is 1.82. The molecule has 4 rings (SSSR count). The average Bonchev–Trinajstić information content (AvgIpc) is 3.07. The Kier molecular flexibility index (Phi) is 6.24. The van der Waals surface area contributed by atoms with Gasteiger partial charge >= 0.3 is 0 Å².